The molecule has 4 rings (SSSR count). The van der Waals surface area contributed by atoms with Crippen LogP contribution in [0.2, 0.25) is 5.02 Å². The van der Waals surface area contributed by atoms with E-state index >= 15 is 0 Å². The summed E-state index contributed by atoms with van der Waals surface area (Å²) in [5.74, 6) is 0. The topological polar surface area (TPSA) is 17.3 Å². The summed E-state index contributed by atoms with van der Waals surface area (Å²) >= 11 is 7.73. The van der Waals surface area contributed by atoms with Gasteiger partial charge >= 0.3 is 0 Å². The standard InChI is InChI=1S/C15H9ClN2S/c16-11-5-3-4-10(8-11)12-9-18-13-6-1-2-7-14(13)19-15(18)17-12/h1-9H. The van der Waals surface area contributed by atoms with E-state index in [-0.39, 0.29) is 0 Å². The second-order valence-electron chi connectivity index (χ2n) is 4.36. The van der Waals surface area contributed by atoms with Gasteiger partial charge < -0.3 is 0 Å². The molecule has 0 unspecified atom stereocenters. The van der Waals surface area contributed by atoms with E-state index in [2.05, 4.69) is 33.8 Å². The minimum absolute atomic E-state index is 0.735. The second kappa shape index (κ2) is 4.08. The zero-order valence-electron chi connectivity index (χ0n) is 9.88. The summed E-state index contributed by atoms with van der Waals surface area (Å²) in [7, 11) is 0. The second-order valence-corrected chi connectivity index (χ2v) is 5.80. The van der Waals surface area contributed by atoms with E-state index in [1.165, 1.54) is 10.2 Å². The van der Waals surface area contributed by atoms with E-state index in [4.69, 9.17) is 11.6 Å². The number of hydrogen-bond acceptors (Lipinski definition) is 2. The fraction of sp³-hybridized carbons (Fsp3) is 0. The Kier molecular flexibility index (Phi) is 2.37. The summed E-state index contributed by atoms with van der Waals surface area (Å²) in [4.78, 5) is 5.69. The Morgan fingerprint density at radius 2 is 1.95 bits per heavy atom. The molecule has 0 aliphatic carbocycles. The quantitative estimate of drug-likeness (QED) is 0.487. The predicted octanol–water partition coefficient (Wildman–Crippen LogP) is 4.87. The van der Waals surface area contributed by atoms with Gasteiger partial charge in [-0.05, 0) is 24.3 Å². The van der Waals surface area contributed by atoms with Crippen LogP contribution in [-0.4, -0.2) is 9.38 Å². The molecule has 92 valence electrons. The summed E-state index contributed by atoms with van der Waals surface area (Å²) in [6.45, 7) is 0. The Hall–Kier alpha value is -1.84. The van der Waals surface area contributed by atoms with E-state index in [1.807, 2.05) is 30.3 Å². The highest BCUT2D eigenvalue weighted by Crippen LogP contribution is 2.29. The van der Waals surface area contributed by atoms with Crippen LogP contribution < -0.4 is 0 Å². The van der Waals surface area contributed by atoms with Crippen LogP contribution in [0.25, 0.3) is 26.4 Å². The summed E-state index contributed by atoms with van der Waals surface area (Å²) in [6, 6.07) is 16.1. The summed E-state index contributed by atoms with van der Waals surface area (Å²) in [5, 5.41) is 0.735. The van der Waals surface area contributed by atoms with Crippen molar-refractivity contribution in [2.45, 2.75) is 0 Å². The van der Waals surface area contributed by atoms with Crippen LogP contribution in [0.1, 0.15) is 0 Å². The number of hydrogen-bond donors (Lipinski definition) is 0. The van der Waals surface area contributed by atoms with Gasteiger partial charge in [0.05, 0.1) is 15.9 Å². The van der Waals surface area contributed by atoms with Crippen LogP contribution >= 0.6 is 22.9 Å². The Bertz CT molecular complexity index is 891. The molecule has 4 aromatic rings. The van der Waals surface area contributed by atoms with Crippen molar-refractivity contribution in [1.29, 1.82) is 0 Å². The first-order valence-electron chi connectivity index (χ1n) is 5.94. The number of nitrogens with zero attached hydrogens (tertiary/aromatic N) is 2. The number of para-hydroxylation sites is 1. The van der Waals surface area contributed by atoms with Crippen LogP contribution in [0.3, 0.4) is 0 Å². The van der Waals surface area contributed by atoms with Gasteiger partial charge in [-0.15, -0.1) is 0 Å². The fourth-order valence-electron chi connectivity index (χ4n) is 2.24. The Morgan fingerprint density at radius 1 is 1.05 bits per heavy atom. The van der Waals surface area contributed by atoms with Crippen LogP contribution in [0.15, 0.2) is 54.7 Å². The molecule has 0 radical (unpaired) electrons. The third kappa shape index (κ3) is 1.74. The zero-order valence-corrected chi connectivity index (χ0v) is 11.4. The summed E-state index contributed by atoms with van der Waals surface area (Å²) in [6.07, 6.45) is 2.07. The summed E-state index contributed by atoms with van der Waals surface area (Å²) < 4.78 is 3.39. The molecule has 2 aromatic heterocycles. The first-order chi connectivity index (χ1) is 9.31. The molecule has 0 saturated heterocycles. The molecule has 0 bridgehead atoms. The van der Waals surface area contributed by atoms with Crippen molar-refractivity contribution in [2.24, 2.45) is 0 Å². The molecule has 0 aliphatic heterocycles. The Balaban J connectivity index is 1.97. The molecule has 19 heavy (non-hydrogen) atoms. The van der Waals surface area contributed by atoms with Crippen molar-refractivity contribution in [1.82, 2.24) is 9.38 Å². The van der Waals surface area contributed by atoms with Crippen LogP contribution in [0, 0.1) is 0 Å². The highest BCUT2D eigenvalue weighted by atomic mass is 35.5. The van der Waals surface area contributed by atoms with Crippen LogP contribution in [0.5, 0.6) is 0 Å². The number of fused-ring (bicyclic) bond motifs is 3. The number of aromatic nitrogens is 2. The SMILES string of the molecule is Clc1cccc(-c2cn3c(n2)sc2ccccc23)c1. The average molecular weight is 285 g/mol. The first-order valence-corrected chi connectivity index (χ1v) is 7.13. The number of benzene rings is 2. The lowest BCUT2D eigenvalue weighted by Crippen LogP contribution is -1.77. The van der Waals surface area contributed by atoms with Crippen molar-refractivity contribution < 1.29 is 0 Å². The minimum atomic E-state index is 0.735. The van der Waals surface area contributed by atoms with Crippen LogP contribution in [-0.2, 0) is 0 Å². The van der Waals surface area contributed by atoms with Gasteiger partial charge in [0.15, 0.2) is 4.96 Å². The molecule has 0 aliphatic rings. The van der Waals surface area contributed by atoms with E-state index in [0.717, 1.165) is 21.2 Å². The minimum Gasteiger partial charge on any atom is -0.290 e. The molecule has 0 spiro atoms. The molecule has 2 nitrogen and oxygen atoms in total. The van der Waals surface area contributed by atoms with Gasteiger partial charge in [0.2, 0.25) is 0 Å². The van der Waals surface area contributed by atoms with Crippen LogP contribution in [0.4, 0.5) is 0 Å². The maximum absolute atomic E-state index is 6.03. The maximum atomic E-state index is 6.03. The normalized spacial score (nSPS) is 11.4. The van der Waals surface area contributed by atoms with Gasteiger partial charge in [-0.1, -0.05) is 47.2 Å². The van der Waals surface area contributed by atoms with Crippen molar-refractivity contribution in [2.75, 3.05) is 0 Å². The van der Waals surface area contributed by atoms with E-state index < -0.39 is 0 Å². The predicted molar refractivity (Wildman–Crippen MR) is 81.0 cm³/mol. The molecule has 4 heteroatoms. The highest BCUT2D eigenvalue weighted by molar-refractivity contribution is 7.23. The van der Waals surface area contributed by atoms with E-state index in [0.29, 0.717) is 0 Å². The van der Waals surface area contributed by atoms with Gasteiger partial charge in [-0.2, -0.15) is 0 Å². The molecule has 0 atom stereocenters. The first kappa shape index (κ1) is 11.0. The van der Waals surface area contributed by atoms with E-state index in [1.54, 1.807) is 11.3 Å². The van der Waals surface area contributed by atoms with Gasteiger partial charge in [-0.25, -0.2) is 4.98 Å². The van der Waals surface area contributed by atoms with Gasteiger partial charge in [0, 0.05) is 16.8 Å². The van der Waals surface area contributed by atoms with Gasteiger partial charge in [-0.3, -0.25) is 4.40 Å². The molecule has 2 heterocycles. The third-order valence-electron chi connectivity index (χ3n) is 3.12. The monoisotopic (exact) mass is 284 g/mol. The molecule has 2 aromatic carbocycles. The van der Waals surface area contributed by atoms with Gasteiger partial charge in [0.25, 0.3) is 0 Å². The molecule has 0 amide bonds. The van der Waals surface area contributed by atoms with Crippen molar-refractivity contribution in [3.63, 3.8) is 0 Å². The lowest BCUT2D eigenvalue weighted by atomic mass is 10.2. The number of imidazole rings is 1. The Labute approximate surface area is 118 Å². The smallest absolute Gasteiger partial charge is 0.195 e. The van der Waals surface area contributed by atoms with E-state index in [9.17, 15) is 0 Å². The average Bonchev–Trinajstić information content (AvgIpc) is 2.96. The molecule has 0 N–H and O–H groups in total. The molecular weight excluding hydrogens is 276 g/mol. The largest absolute Gasteiger partial charge is 0.290 e. The lowest BCUT2D eigenvalue weighted by molar-refractivity contribution is 1.30. The zero-order chi connectivity index (χ0) is 12.8. The molecule has 0 fully saturated rings. The van der Waals surface area contributed by atoms with Crippen molar-refractivity contribution in [3.05, 3.63) is 59.8 Å². The maximum Gasteiger partial charge on any atom is 0.195 e. The third-order valence-corrected chi connectivity index (χ3v) is 4.39. The number of rotatable bonds is 1. The number of halogens is 1. The Morgan fingerprint density at radius 3 is 2.84 bits per heavy atom. The van der Waals surface area contributed by atoms with Crippen molar-refractivity contribution in [3.8, 4) is 11.3 Å². The van der Waals surface area contributed by atoms with Crippen molar-refractivity contribution >= 4 is 38.1 Å². The van der Waals surface area contributed by atoms with Gasteiger partial charge in [0.1, 0.15) is 0 Å². The summed E-state index contributed by atoms with van der Waals surface area (Å²) in [5.41, 5.74) is 3.20. The molecular formula is C15H9ClN2S. The number of thiazole rings is 1. The fourth-order valence-corrected chi connectivity index (χ4v) is 3.43. The molecule has 0 saturated carbocycles. The lowest BCUT2D eigenvalue weighted by Gasteiger charge is -1.96. The highest BCUT2D eigenvalue weighted by Gasteiger charge is 2.09.